The van der Waals surface area contributed by atoms with Crippen LogP contribution in [0.1, 0.15) is 11.3 Å². The van der Waals surface area contributed by atoms with Crippen LogP contribution in [0, 0.1) is 12.7 Å². The Balaban J connectivity index is 1.19. The van der Waals surface area contributed by atoms with Gasteiger partial charge in [-0.3, -0.25) is 14.5 Å². The molecule has 1 saturated heterocycles. The summed E-state index contributed by atoms with van der Waals surface area (Å²) in [5, 5.41) is 5.19. The minimum Gasteiger partial charge on any atom is -0.481 e. The number of piperazine rings is 1. The zero-order chi connectivity index (χ0) is 24.4. The number of aromatic nitrogens is 3. The minimum atomic E-state index is -0.488. The van der Waals surface area contributed by atoms with Crippen LogP contribution in [0.5, 0.6) is 5.75 Å². The first kappa shape index (κ1) is 23.1. The van der Waals surface area contributed by atoms with Crippen LogP contribution in [-0.2, 0) is 11.3 Å². The van der Waals surface area contributed by atoms with E-state index < -0.39 is 5.82 Å². The van der Waals surface area contributed by atoms with Gasteiger partial charge in [-0.05, 0) is 19.1 Å². The molecule has 3 heterocycles. The van der Waals surface area contributed by atoms with Crippen LogP contribution >= 0.6 is 11.3 Å². The standard InChI is InChI=1S/C25H24FN5O3S/c1-17-6-8-18(9-7-17)24-28-31-22(32)14-19(27-25(31)35-24)15-29-10-12-30(13-11-29)23(33)16-34-21-5-3-2-4-20(21)26/h2-9,14H,10-13,15-16H2,1H3. The first-order valence-electron chi connectivity index (χ1n) is 11.3. The number of carbonyl (C=O) groups is 1. The predicted octanol–water partition coefficient (Wildman–Crippen LogP) is 2.99. The lowest BCUT2D eigenvalue weighted by Crippen LogP contribution is -2.49. The fourth-order valence-electron chi connectivity index (χ4n) is 3.93. The van der Waals surface area contributed by atoms with Crippen molar-refractivity contribution in [3.63, 3.8) is 0 Å². The van der Waals surface area contributed by atoms with Crippen LogP contribution in [0.4, 0.5) is 4.39 Å². The first-order chi connectivity index (χ1) is 17.0. The number of aryl methyl sites for hydroxylation is 1. The molecule has 8 nitrogen and oxygen atoms in total. The first-order valence-corrected chi connectivity index (χ1v) is 12.1. The van der Waals surface area contributed by atoms with E-state index in [0.29, 0.717) is 43.4 Å². The molecule has 10 heteroatoms. The predicted molar refractivity (Wildman–Crippen MR) is 131 cm³/mol. The number of ether oxygens (including phenoxy) is 1. The number of hydrogen-bond acceptors (Lipinski definition) is 7. The molecule has 0 spiro atoms. The average molecular weight is 494 g/mol. The quantitative estimate of drug-likeness (QED) is 0.411. The number of fused-ring (bicyclic) bond motifs is 1. The van der Waals surface area contributed by atoms with Gasteiger partial charge in [0.1, 0.15) is 5.01 Å². The number of nitrogens with zero attached hydrogens (tertiary/aromatic N) is 5. The molecule has 0 N–H and O–H groups in total. The van der Waals surface area contributed by atoms with Crippen LogP contribution in [0.2, 0.25) is 0 Å². The molecule has 1 amide bonds. The number of para-hydroxylation sites is 1. The normalized spacial score (nSPS) is 14.4. The monoisotopic (exact) mass is 493 g/mol. The maximum Gasteiger partial charge on any atom is 0.275 e. The van der Waals surface area contributed by atoms with Crippen molar-refractivity contribution in [2.45, 2.75) is 13.5 Å². The zero-order valence-corrected chi connectivity index (χ0v) is 20.0. The molecule has 0 radical (unpaired) electrons. The Morgan fingerprint density at radius 2 is 1.83 bits per heavy atom. The maximum atomic E-state index is 13.7. The van der Waals surface area contributed by atoms with E-state index in [1.807, 2.05) is 31.2 Å². The van der Waals surface area contributed by atoms with Crippen molar-refractivity contribution in [3.05, 3.63) is 82.0 Å². The van der Waals surface area contributed by atoms with Gasteiger partial charge in [0.25, 0.3) is 11.5 Å². The molecule has 35 heavy (non-hydrogen) atoms. The van der Waals surface area contributed by atoms with Gasteiger partial charge in [0, 0.05) is 44.4 Å². The SMILES string of the molecule is Cc1ccc(-c2nn3c(=O)cc(CN4CCN(C(=O)COc5ccccc5F)CC4)nc3s2)cc1. The van der Waals surface area contributed by atoms with E-state index in [4.69, 9.17) is 4.74 Å². The Bertz CT molecular complexity index is 1410. The van der Waals surface area contributed by atoms with Crippen molar-refractivity contribution < 1.29 is 13.9 Å². The average Bonchev–Trinajstić information content (AvgIpc) is 3.29. The van der Waals surface area contributed by atoms with Gasteiger partial charge in [0.05, 0.1) is 5.69 Å². The van der Waals surface area contributed by atoms with Gasteiger partial charge in [-0.2, -0.15) is 9.61 Å². The molecule has 180 valence electrons. The van der Waals surface area contributed by atoms with E-state index in [-0.39, 0.29) is 23.8 Å². The Labute approximate surface area is 205 Å². The van der Waals surface area contributed by atoms with Crippen LogP contribution in [0.25, 0.3) is 15.5 Å². The Hall–Kier alpha value is -3.63. The van der Waals surface area contributed by atoms with E-state index in [1.165, 1.54) is 34.1 Å². The Morgan fingerprint density at radius 1 is 1.09 bits per heavy atom. The maximum absolute atomic E-state index is 13.7. The molecule has 1 aliphatic heterocycles. The van der Waals surface area contributed by atoms with Crippen LogP contribution in [-0.4, -0.2) is 63.1 Å². The topological polar surface area (TPSA) is 80.0 Å². The third-order valence-electron chi connectivity index (χ3n) is 5.89. The van der Waals surface area contributed by atoms with Gasteiger partial charge < -0.3 is 9.64 Å². The zero-order valence-electron chi connectivity index (χ0n) is 19.2. The second kappa shape index (κ2) is 9.93. The van der Waals surface area contributed by atoms with Gasteiger partial charge in [-0.15, -0.1) is 0 Å². The second-order valence-electron chi connectivity index (χ2n) is 8.43. The summed E-state index contributed by atoms with van der Waals surface area (Å²) < 4.78 is 20.4. The molecule has 5 rings (SSSR count). The summed E-state index contributed by atoms with van der Waals surface area (Å²) in [5.74, 6) is -0.600. The highest BCUT2D eigenvalue weighted by Crippen LogP contribution is 2.24. The van der Waals surface area contributed by atoms with E-state index in [0.717, 1.165) is 16.1 Å². The summed E-state index contributed by atoms with van der Waals surface area (Å²) in [7, 11) is 0. The molecule has 0 atom stereocenters. The van der Waals surface area contributed by atoms with E-state index in [1.54, 1.807) is 17.0 Å². The van der Waals surface area contributed by atoms with Gasteiger partial charge in [0.15, 0.2) is 18.2 Å². The summed E-state index contributed by atoms with van der Waals surface area (Å²) in [6.45, 7) is 4.67. The molecule has 0 bridgehead atoms. The molecule has 0 saturated carbocycles. The largest absolute Gasteiger partial charge is 0.481 e. The highest BCUT2D eigenvalue weighted by atomic mass is 32.1. The highest BCUT2D eigenvalue weighted by molar-refractivity contribution is 7.19. The molecule has 1 aliphatic rings. The van der Waals surface area contributed by atoms with Crippen molar-refractivity contribution >= 4 is 22.2 Å². The molecule has 4 aromatic rings. The van der Waals surface area contributed by atoms with Crippen molar-refractivity contribution in [1.29, 1.82) is 0 Å². The van der Waals surface area contributed by atoms with Gasteiger partial charge in [0.2, 0.25) is 4.96 Å². The molecule has 2 aromatic carbocycles. The smallest absolute Gasteiger partial charge is 0.275 e. The van der Waals surface area contributed by atoms with E-state index in [9.17, 15) is 14.0 Å². The number of benzene rings is 2. The van der Waals surface area contributed by atoms with Gasteiger partial charge in [-0.25, -0.2) is 9.37 Å². The fourth-order valence-corrected chi connectivity index (χ4v) is 4.86. The summed E-state index contributed by atoms with van der Waals surface area (Å²) in [6, 6.07) is 15.6. The number of amides is 1. The lowest BCUT2D eigenvalue weighted by atomic mass is 10.2. The van der Waals surface area contributed by atoms with Crippen molar-refractivity contribution in [2.24, 2.45) is 0 Å². The van der Waals surface area contributed by atoms with Crippen molar-refractivity contribution in [3.8, 4) is 16.3 Å². The number of carbonyl (C=O) groups excluding carboxylic acids is 1. The number of hydrogen-bond donors (Lipinski definition) is 0. The number of rotatable bonds is 6. The Morgan fingerprint density at radius 3 is 2.57 bits per heavy atom. The van der Waals surface area contributed by atoms with Crippen LogP contribution in [0.15, 0.2) is 59.4 Å². The summed E-state index contributed by atoms with van der Waals surface area (Å²) >= 11 is 1.38. The van der Waals surface area contributed by atoms with Gasteiger partial charge >= 0.3 is 0 Å². The van der Waals surface area contributed by atoms with E-state index >= 15 is 0 Å². The van der Waals surface area contributed by atoms with E-state index in [2.05, 4.69) is 15.0 Å². The summed E-state index contributed by atoms with van der Waals surface area (Å²) in [4.78, 5) is 34.2. The lowest BCUT2D eigenvalue weighted by Gasteiger charge is -2.34. The molecule has 0 unspecified atom stereocenters. The fraction of sp³-hybridized carbons (Fsp3) is 0.280. The minimum absolute atomic E-state index is 0.0702. The van der Waals surface area contributed by atoms with Crippen LogP contribution in [0.3, 0.4) is 0 Å². The molecule has 0 aliphatic carbocycles. The van der Waals surface area contributed by atoms with Crippen LogP contribution < -0.4 is 10.3 Å². The molecular weight excluding hydrogens is 469 g/mol. The summed E-state index contributed by atoms with van der Waals surface area (Å²) in [5.41, 5.74) is 2.58. The van der Waals surface area contributed by atoms with Gasteiger partial charge in [-0.1, -0.05) is 53.3 Å². The number of halogens is 1. The third kappa shape index (κ3) is 5.23. The second-order valence-corrected chi connectivity index (χ2v) is 9.39. The lowest BCUT2D eigenvalue weighted by molar-refractivity contribution is -0.135. The molecule has 1 fully saturated rings. The summed E-state index contributed by atoms with van der Waals surface area (Å²) in [6.07, 6.45) is 0. The molecule has 2 aromatic heterocycles. The Kier molecular flexibility index (Phi) is 6.56. The van der Waals surface area contributed by atoms with Crippen molar-refractivity contribution in [2.75, 3.05) is 32.8 Å². The highest BCUT2D eigenvalue weighted by Gasteiger charge is 2.22. The van der Waals surface area contributed by atoms with Crippen molar-refractivity contribution in [1.82, 2.24) is 24.4 Å². The third-order valence-corrected chi connectivity index (χ3v) is 6.85. The molecular formula is C25H24FN5O3S.